The Kier molecular flexibility index (Phi) is 8.26. The fourth-order valence-corrected chi connectivity index (χ4v) is 8.12. The Morgan fingerprint density at radius 2 is 1.50 bits per heavy atom. The third kappa shape index (κ3) is 5.46. The summed E-state index contributed by atoms with van der Waals surface area (Å²) in [5, 5.41) is 0.741. The van der Waals surface area contributed by atoms with Gasteiger partial charge in [-0.15, -0.1) is 0 Å². The van der Waals surface area contributed by atoms with E-state index < -0.39 is 7.37 Å². The maximum atomic E-state index is 14.8. The van der Waals surface area contributed by atoms with Gasteiger partial charge in [0.15, 0.2) is 0 Å². The monoisotopic (exact) mass is 478 g/mol. The Balaban J connectivity index is 1.68. The van der Waals surface area contributed by atoms with Crippen LogP contribution in [0.15, 0.2) is 84.9 Å². The summed E-state index contributed by atoms with van der Waals surface area (Å²) in [6.07, 6.45) is 2.05. The number of ether oxygens (including phenoxy) is 2. The molecule has 0 bridgehead atoms. The van der Waals surface area contributed by atoms with E-state index in [9.17, 15) is 4.57 Å². The number of aryl methyl sites for hydroxylation is 1. The molecule has 3 aromatic carbocycles. The van der Waals surface area contributed by atoms with Crippen molar-refractivity contribution in [3.05, 3.63) is 96.1 Å². The van der Waals surface area contributed by atoms with Crippen LogP contribution in [-0.2, 0) is 26.9 Å². The van der Waals surface area contributed by atoms with Crippen molar-refractivity contribution in [3.8, 4) is 5.75 Å². The van der Waals surface area contributed by atoms with Gasteiger partial charge in [0.05, 0.1) is 31.6 Å². The molecular formula is C29H35O4P. The van der Waals surface area contributed by atoms with Crippen LogP contribution in [0.1, 0.15) is 37.8 Å². The molecule has 4 nitrogen and oxygen atoms in total. The molecule has 5 atom stereocenters. The van der Waals surface area contributed by atoms with Crippen LogP contribution in [0.25, 0.3) is 0 Å². The first-order valence-electron chi connectivity index (χ1n) is 12.2. The second-order valence-electron chi connectivity index (χ2n) is 9.06. The van der Waals surface area contributed by atoms with E-state index in [4.69, 9.17) is 14.0 Å². The summed E-state index contributed by atoms with van der Waals surface area (Å²) in [6, 6.07) is 28.1. The Morgan fingerprint density at radius 1 is 0.882 bits per heavy atom. The molecule has 1 saturated heterocycles. The number of methoxy groups -OCH3 is 1. The summed E-state index contributed by atoms with van der Waals surface area (Å²) in [5.41, 5.74) is 2.12. The fraction of sp³-hybridized carbons (Fsp3) is 0.379. The van der Waals surface area contributed by atoms with Crippen molar-refractivity contribution in [2.75, 3.05) is 7.11 Å². The van der Waals surface area contributed by atoms with E-state index >= 15 is 0 Å². The Bertz CT molecular complexity index is 1070. The molecule has 0 radical (unpaired) electrons. The first-order valence-corrected chi connectivity index (χ1v) is 13.9. The lowest BCUT2D eigenvalue weighted by Gasteiger charge is -2.46. The molecule has 1 aliphatic rings. The summed E-state index contributed by atoms with van der Waals surface area (Å²) in [7, 11) is -1.57. The molecule has 0 saturated carbocycles. The molecule has 0 N–H and O–H groups in total. The lowest BCUT2D eigenvalue weighted by molar-refractivity contribution is -0.0531. The second-order valence-corrected chi connectivity index (χ2v) is 11.6. The van der Waals surface area contributed by atoms with Crippen molar-refractivity contribution >= 4 is 12.7 Å². The lowest BCUT2D eigenvalue weighted by Crippen LogP contribution is -2.48. The van der Waals surface area contributed by atoms with Crippen LogP contribution in [-0.4, -0.2) is 25.0 Å². The van der Waals surface area contributed by atoms with Gasteiger partial charge in [0.25, 0.3) is 0 Å². The minimum Gasteiger partial charge on any atom is -0.497 e. The Labute approximate surface area is 203 Å². The molecule has 0 spiro atoms. The molecule has 4 rings (SSSR count). The van der Waals surface area contributed by atoms with Crippen molar-refractivity contribution in [1.82, 2.24) is 0 Å². The maximum Gasteiger partial charge on any atom is 0.237 e. The van der Waals surface area contributed by atoms with Crippen molar-refractivity contribution in [3.63, 3.8) is 0 Å². The van der Waals surface area contributed by atoms with Gasteiger partial charge in [-0.1, -0.05) is 74.5 Å². The quantitative estimate of drug-likeness (QED) is 0.324. The summed E-state index contributed by atoms with van der Waals surface area (Å²) in [6.45, 7) is 4.77. The van der Waals surface area contributed by atoms with Crippen molar-refractivity contribution in [1.29, 1.82) is 0 Å². The molecule has 1 fully saturated rings. The average Bonchev–Trinajstić information content (AvgIpc) is 2.89. The molecule has 2 unspecified atom stereocenters. The summed E-state index contributed by atoms with van der Waals surface area (Å²) in [5.74, 6) is 0.875. The van der Waals surface area contributed by atoms with E-state index in [0.717, 1.165) is 35.9 Å². The van der Waals surface area contributed by atoms with E-state index in [-0.39, 0.29) is 23.8 Å². The van der Waals surface area contributed by atoms with Gasteiger partial charge >= 0.3 is 0 Å². The zero-order chi connectivity index (χ0) is 24.0. The highest BCUT2D eigenvalue weighted by atomic mass is 31.2. The highest BCUT2D eigenvalue weighted by molar-refractivity contribution is 7.67. The normalized spacial score (nSPS) is 26.8. The van der Waals surface area contributed by atoms with Gasteiger partial charge in [0, 0.05) is 11.2 Å². The van der Waals surface area contributed by atoms with Crippen LogP contribution in [0, 0.1) is 5.92 Å². The predicted octanol–water partition coefficient (Wildman–Crippen LogP) is 6.63. The van der Waals surface area contributed by atoms with Crippen LogP contribution in [0.4, 0.5) is 0 Å². The molecular weight excluding hydrogens is 443 g/mol. The van der Waals surface area contributed by atoms with Crippen molar-refractivity contribution in [2.24, 2.45) is 5.92 Å². The summed E-state index contributed by atoms with van der Waals surface area (Å²) >= 11 is 0. The zero-order valence-electron chi connectivity index (χ0n) is 20.3. The molecule has 5 heteroatoms. The molecule has 0 aliphatic carbocycles. The lowest BCUT2D eigenvalue weighted by atomic mass is 9.91. The third-order valence-electron chi connectivity index (χ3n) is 6.90. The van der Waals surface area contributed by atoms with E-state index in [1.165, 1.54) is 5.56 Å². The van der Waals surface area contributed by atoms with Crippen LogP contribution in [0.5, 0.6) is 5.75 Å². The highest BCUT2D eigenvalue weighted by Crippen LogP contribution is 2.60. The van der Waals surface area contributed by atoms with Gasteiger partial charge in [0.2, 0.25) is 7.37 Å². The number of rotatable bonds is 9. The first kappa shape index (κ1) is 24.7. The second kappa shape index (κ2) is 11.4. The molecule has 0 aromatic heterocycles. The number of benzene rings is 3. The van der Waals surface area contributed by atoms with Crippen LogP contribution in [0.2, 0.25) is 0 Å². The highest BCUT2D eigenvalue weighted by Gasteiger charge is 2.51. The van der Waals surface area contributed by atoms with Crippen LogP contribution in [0.3, 0.4) is 0 Å². The SMILES string of the molecule is CC[C@H]1O[P@@](=O)(c2ccc(OC)cc2)C(CCc2ccccc2)C(OCc2ccccc2)[C@@H]1C. The molecule has 34 heavy (non-hydrogen) atoms. The smallest absolute Gasteiger partial charge is 0.237 e. The van der Waals surface area contributed by atoms with Gasteiger partial charge in [-0.05, 0) is 54.7 Å². The third-order valence-corrected chi connectivity index (χ3v) is 9.93. The first-order chi connectivity index (χ1) is 16.5. The topological polar surface area (TPSA) is 44.8 Å². The molecule has 3 aromatic rings. The van der Waals surface area contributed by atoms with Gasteiger partial charge in [-0.2, -0.15) is 0 Å². The largest absolute Gasteiger partial charge is 0.497 e. The van der Waals surface area contributed by atoms with E-state index in [1.807, 2.05) is 48.5 Å². The average molecular weight is 479 g/mol. The maximum absolute atomic E-state index is 14.8. The molecule has 1 aliphatic heterocycles. The molecule has 180 valence electrons. The van der Waals surface area contributed by atoms with Crippen LogP contribution < -0.4 is 10.0 Å². The number of hydrogen-bond acceptors (Lipinski definition) is 4. The minimum atomic E-state index is -3.21. The van der Waals surface area contributed by atoms with E-state index in [1.54, 1.807) is 7.11 Å². The van der Waals surface area contributed by atoms with E-state index in [0.29, 0.717) is 6.61 Å². The van der Waals surface area contributed by atoms with Crippen molar-refractivity contribution in [2.45, 2.75) is 57.6 Å². The molecule has 1 heterocycles. The van der Waals surface area contributed by atoms with Gasteiger partial charge in [-0.25, -0.2) is 0 Å². The van der Waals surface area contributed by atoms with Gasteiger partial charge in [-0.3, -0.25) is 4.57 Å². The van der Waals surface area contributed by atoms with Crippen LogP contribution >= 0.6 is 7.37 Å². The summed E-state index contributed by atoms with van der Waals surface area (Å²) in [4.78, 5) is 0. The fourth-order valence-electron chi connectivity index (χ4n) is 4.94. The predicted molar refractivity (Wildman–Crippen MR) is 138 cm³/mol. The Hall–Kier alpha value is -2.39. The Morgan fingerprint density at radius 3 is 2.09 bits per heavy atom. The summed E-state index contributed by atoms with van der Waals surface area (Å²) < 4.78 is 33.2. The van der Waals surface area contributed by atoms with Gasteiger partial charge < -0.3 is 14.0 Å². The number of hydrogen-bond donors (Lipinski definition) is 0. The zero-order valence-corrected chi connectivity index (χ0v) is 21.2. The van der Waals surface area contributed by atoms with Crippen molar-refractivity contribution < 1.29 is 18.6 Å². The minimum absolute atomic E-state index is 0.123. The van der Waals surface area contributed by atoms with E-state index in [2.05, 4.69) is 50.2 Å². The standard InChI is InChI=1S/C29H35O4P/c1-4-27-22(2)29(32-21-24-13-9-6-10-14-24)28(20-15-23-11-7-5-8-12-23)34(30,33-27)26-18-16-25(31-3)17-19-26/h5-14,16-19,22,27-29H,4,15,20-21H2,1-3H3/t22-,27-,28?,29?,34+/m1/s1. The van der Waals surface area contributed by atoms with Gasteiger partial charge in [0.1, 0.15) is 5.75 Å². The molecule has 0 amide bonds.